The van der Waals surface area contributed by atoms with Crippen molar-refractivity contribution in [3.8, 4) is 5.88 Å². The van der Waals surface area contributed by atoms with Crippen molar-refractivity contribution in [2.45, 2.75) is 39.7 Å². The highest BCUT2D eigenvalue weighted by Gasteiger charge is 2.14. The predicted octanol–water partition coefficient (Wildman–Crippen LogP) is 3.06. The van der Waals surface area contributed by atoms with Gasteiger partial charge in [-0.05, 0) is 19.8 Å². The van der Waals surface area contributed by atoms with E-state index < -0.39 is 0 Å². The Kier molecular flexibility index (Phi) is 5.65. The summed E-state index contributed by atoms with van der Waals surface area (Å²) in [6, 6.07) is 0. The molecule has 1 aromatic heterocycles. The molecule has 0 unspecified atom stereocenters. The number of hydrogen-bond donors (Lipinski definition) is 0. The molecule has 0 aliphatic rings. The molecule has 0 fully saturated rings. The van der Waals surface area contributed by atoms with Crippen LogP contribution in [0.4, 0.5) is 0 Å². The Morgan fingerprint density at radius 2 is 1.88 bits per heavy atom. The second-order valence-electron chi connectivity index (χ2n) is 4.31. The second-order valence-corrected chi connectivity index (χ2v) is 4.66. The Hall–Kier alpha value is -0.870. The molecule has 1 aromatic rings. The predicted molar refractivity (Wildman–Crippen MR) is 67.7 cm³/mol. The molecule has 0 aliphatic carbocycles. The van der Waals surface area contributed by atoms with Crippen molar-refractivity contribution in [1.29, 1.82) is 0 Å². The highest BCUT2D eigenvalue weighted by atomic mass is 35.5. The molecule has 17 heavy (non-hydrogen) atoms. The SMILES string of the molecule is CC(C)OCCOc1ncnc(Cl)c1C(C)C. The standard InChI is InChI=1S/C12H19ClN2O2/c1-8(2)10-11(13)14-7-15-12(10)17-6-5-16-9(3)4/h7-9H,5-6H2,1-4H3. The van der Waals surface area contributed by atoms with E-state index in [9.17, 15) is 0 Å². The molecule has 5 heteroatoms. The zero-order valence-corrected chi connectivity index (χ0v) is 11.5. The summed E-state index contributed by atoms with van der Waals surface area (Å²) >= 11 is 6.03. The van der Waals surface area contributed by atoms with Crippen LogP contribution < -0.4 is 4.74 Å². The van der Waals surface area contributed by atoms with E-state index in [4.69, 9.17) is 21.1 Å². The fourth-order valence-corrected chi connectivity index (χ4v) is 1.72. The first-order chi connectivity index (χ1) is 8.02. The van der Waals surface area contributed by atoms with E-state index in [0.29, 0.717) is 24.2 Å². The minimum absolute atomic E-state index is 0.206. The van der Waals surface area contributed by atoms with Crippen LogP contribution in [0.1, 0.15) is 39.2 Å². The zero-order valence-electron chi connectivity index (χ0n) is 10.7. The maximum absolute atomic E-state index is 6.03. The molecule has 0 spiro atoms. The number of aromatic nitrogens is 2. The second kappa shape index (κ2) is 6.77. The van der Waals surface area contributed by atoms with Gasteiger partial charge < -0.3 is 9.47 Å². The molecule has 0 bridgehead atoms. The van der Waals surface area contributed by atoms with Crippen LogP contribution in [-0.4, -0.2) is 29.3 Å². The Labute approximate surface area is 107 Å². The van der Waals surface area contributed by atoms with Gasteiger partial charge in [0, 0.05) is 0 Å². The van der Waals surface area contributed by atoms with E-state index in [-0.39, 0.29) is 12.0 Å². The molecular formula is C12H19ClN2O2. The number of ether oxygens (including phenoxy) is 2. The number of halogens is 1. The van der Waals surface area contributed by atoms with Crippen molar-refractivity contribution in [3.05, 3.63) is 17.0 Å². The van der Waals surface area contributed by atoms with Crippen LogP contribution in [0.5, 0.6) is 5.88 Å². The largest absolute Gasteiger partial charge is 0.475 e. The molecule has 0 radical (unpaired) electrons. The molecule has 0 saturated heterocycles. The quantitative estimate of drug-likeness (QED) is 0.581. The highest BCUT2D eigenvalue weighted by molar-refractivity contribution is 6.30. The first-order valence-corrected chi connectivity index (χ1v) is 6.15. The Bertz CT molecular complexity index is 356. The van der Waals surface area contributed by atoms with Crippen molar-refractivity contribution >= 4 is 11.6 Å². The third-order valence-electron chi connectivity index (χ3n) is 2.15. The molecule has 4 nitrogen and oxygen atoms in total. The third kappa shape index (κ3) is 4.48. The summed E-state index contributed by atoms with van der Waals surface area (Å²) in [6.45, 7) is 9.04. The van der Waals surface area contributed by atoms with Crippen LogP contribution in [0.15, 0.2) is 6.33 Å². The Morgan fingerprint density at radius 1 is 1.18 bits per heavy atom. The maximum Gasteiger partial charge on any atom is 0.221 e. The molecule has 0 atom stereocenters. The lowest BCUT2D eigenvalue weighted by Crippen LogP contribution is -2.13. The topological polar surface area (TPSA) is 44.2 Å². The molecule has 0 aliphatic heterocycles. The van der Waals surface area contributed by atoms with Crippen molar-refractivity contribution in [3.63, 3.8) is 0 Å². The van der Waals surface area contributed by atoms with E-state index in [1.807, 2.05) is 27.7 Å². The lowest BCUT2D eigenvalue weighted by atomic mass is 10.1. The Morgan fingerprint density at radius 3 is 2.47 bits per heavy atom. The van der Waals surface area contributed by atoms with Crippen LogP contribution in [0.3, 0.4) is 0 Å². The highest BCUT2D eigenvalue weighted by Crippen LogP contribution is 2.29. The van der Waals surface area contributed by atoms with Crippen LogP contribution >= 0.6 is 11.6 Å². The molecule has 1 rings (SSSR count). The lowest BCUT2D eigenvalue weighted by molar-refractivity contribution is 0.0539. The average Bonchev–Trinajstić information content (AvgIpc) is 2.23. The van der Waals surface area contributed by atoms with Gasteiger partial charge in [0.15, 0.2) is 0 Å². The number of rotatable bonds is 6. The van der Waals surface area contributed by atoms with Crippen LogP contribution in [-0.2, 0) is 4.74 Å². The summed E-state index contributed by atoms with van der Waals surface area (Å²) in [5.41, 5.74) is 0.846. The first-order valence-electron chi connectivity index (χ1n) is 5.77. The van der Waals surface area contributed by atoms with Crippen molar-refractivity contribution in [2.75, 3.05) is 13.2 Å². The molecule has 0 amide bonds. The molecule has 1 heterocycles. The summed E-state index contributed by atoms with van der Waals surface area (Å²) in [5.74, 6) is 0.775. The minimum Gasteiger partial charge on any atom is -0.475 e. The monoisotopic (exact) mass is 258 g/mol. The summed E-state index contributed by atoms with van der Waals surface area (Å²) in [4.78, 5) is 8.06. The van der Waals surface area contributed by atoms with Gasteiger partial charge in [0.2, 0.25) is 5.88 Å². The molecular weight excluding hydrogens is 240 g/mol. The number of nitrogens with zero attached hydrogens (tertiary/aromatic N) is 2. The normalized spacial score (nSPS) is 11.2. The maximum atomic E-state index is 6.03. The van der Waals surface area contributed by atoms with E-state index in [1.54, 1.807) is 0 Å². The van der Waals surface area contributed by atoms with Crippen molar-refractivity contribution in [2.24, 2.45) is 0 Å². The van der Waals surface area contributed by atoms with Crippen molar-refractivity contribution in [1.82, 2.24) is 9.97 Å². The van der Waals surface area contributed by atoms with E-state index in [0.717, 1.165) is 5.56 Å². The van der Waals surface area contributed by atoms with Gasteiger partial charge in [0.1, 0.15) is 18.1 Å². The molecule has 0 aromatic carbocycles. The smallest absolute Gasteiger partial charge is 0.221 e. The van der Waals surface area contributed by atoms with Crippen molar-refractivity contribution < 1.29 is 9.47 Å². The first kappa shape index (κ1) is 14.2. The van der Waals surface area contributed by atoms with Gasteiger partial charge in [-0.2, -0.15) is 0 Å². The summed E-state index contributed by atoms with van der Waals surface area (Å²) < 4.78 is 11.0. The van der Waals surface area contributed by atoms with Crippen LogP contribution in [0.25, 0.3) is 0 Å². The van der Waals surface area contributed by atoms with Crippen LogP contribution in [0, 0.1) is 0 Å². The average molecular weight is 259 g/mol. The Balaban J connectivity index is 2.61. The fraction of sp³-hybridized carbons (Fsp3) is 0.667. The zero-order chi connectivity index (χ0) is 12.8. The van der Waals surface area contributed by atoms with Gasteiger partial charge in [0.05, 0.1) is 18.3 Å². The van der Waals surface area contributed by atoms with Gasteiger partial charge in [-0.15, -0.1) is 0 Å². The van der Waals surface area contributed by atoms with Crippen LogP contribution in [0.2, 0.25) is 5.15 Å². The van der Waals surface area contributed by atoms with Gasteiger partial charge in [0.25, 0.3) is 0 Å². The van der Waals surface area contributed by atoms with Gasteiger partial charge in [-0.25, -0.2) is 9.97 Å². The van der Waals surface area contributed by atoms with Gasteiger partial charge in [-0.3, -0.25) is 0 Å². The third-order valence-corrected chi connectivity index (χ3v) is 2.45. The molecule has 0 N–H and O–H groups in total. The van der Waals surface area contributed by atoms with Gasteiger partial charge in [-0.1, -0.05) is 25.4 Å². The lowest BCUT2D eigenvalue weighted by Gasteiger charge is -2.14. The summed E-state index contributed by atoms with van der Waals surface area (Å²) in [7, 11) is 0. The minimum atomic E-state index is 0.206. The van der Waals surface area contributed by atoms with E-state index >= 15 is 0 Å². The van der Waals surface area contributed by atoms with E-state index in [1.165, 1.54) is 6.33 Å². The summed E-state index contributed by atoms with van der Waals surface area (Å²) in [6.07, 6.45) is 1.62. The number of hydrogen-bond acceptors (Lipinski definition) is 4. The molecule has 96 valence electrons. The summed E-state index contributed by atoms with van der Waals surface area (Å²) in [5, 5.41) is 0.453. The van der Waals surface area contributed by atoms with Gasteiger partial charge >= 0.3 is 0 Å². The molecule has 0 saturated carbocycles. The fourth-order valence-electron chi connectivity index (χ4n) is 1.38. The van der Waals surface area contributed by atoms with E-state index in [2.05, 4.69) is 9.97 Å².